The van der Waals surface area contributed by atoms with Gasteiger partial charge in [-0.2, -0.15) is 5.10 Å². The zero-order valence-corrected chi connectivity index (χ0v) is 13.4. The summed E-state index contributed by atoms with van der Waals surface area (Å²) in [6.07, 6.45) is 3.78. The first-order valence-corrected chi connectivity index (χ1v) is 7.56. The molecule has 3 rings (SSSR count). The number of halogens is 1. The molecule has 0 aliphatic carbocycles. The Hall–Kier alpha value is -2.57. The molecule has 0 fully saturated rings. The number of nitrogens with one attached hydrogen (secondary N) is 1. The van der Waals surface area contributed by atoms with E-state index >= 15 is 0 Å². The van der Waals surface area contributed by atoms with E-state index in [1.807, 2.05) is 7.05 Å². The van der Waals surface area contributed by atoms with Crippen LogP contribution in [0.25, 0.3) is 10.9 Å². The Morgan fingerprint density at radius 1 is 1.17 bits per heavy atom. The molecule has 0 unspecified atom stereocenters. The van der Waals surface area contributed by atoms with Gasteiger partial charge in [-0.3, -0.25) is 4.68 Å². The fraction of sp³-hybridized carbons (Fsp3) is 0.375. The van der Waals surface area contributed by atoms with E-state index in [-0.39, 0.29) is 11.9 Å². The average Bonchev–Trinajstić information content (AvgIpc) is 2.92. The van der Waals surface area contributed by atoms with Gasteiger partial charge in [0, 0.05) is 7.05 Å². The molecule has 0 radical (unpaired) electrons. The van der Waals surface area contributed by atoms with Gasteiger partial charge in [0.15, 0.2) is 0 Å². The second-order valence-corrected chi connectivity index (χ2v) is 5.92. The van der Waals surface area contributed by atoms with Gasteiger partial charge in [-0.05, 0) is 24.5 Å². The zero-order chi connectivity index (χ0) is 16.4. The molecular weight excluding hydrogens is 295 g/mol. The minimum atomic E-state index is -0.341. The third-order valence-corrected chi connectivity index (χ3v) is 3.69. The lowest BCUT2D eigenvalue weighted by atomic mass is 10.0. The lowest BCUT2D eigenvalue weighted by molar-refractivity contribution is 0.497. The van der Waals surface area contributed by atoms with Crippen molar-refractivity contribution in [2.45, 2.75) is 26.3 Å². The molecule has 23 heavy (non-hydrogen) atoms. The largest absolute Gasteiger partial charge is 0.359 e. The highest BCUT2D eigenvalue weighted by Crippen LogP contribution is 2.28. The number of rotatable bonds is 5. The molecule has 1 aromatic carbocycles. The van der Waals surface area contributed by atoms with Crippen LogP contribution in [-0.2, 0) is 7.05 Å². The van der Waals surface area contributed by atoms with E-state index in [9.17, 15) is 4.39 Å². The third kappa shape index (κ3) is 3.13. The maximum absolute atomic E-state index is 14.2. The van der Waals surface area contributed by atoms with Crippen LogP contribution < -0.4 is 5.32 Å². The summed E-state index contributed by atoms with van der Waals surface area (Å²) in [5.74, 6) is 1.36. The molecule has 0 aliphatic rings. The van der Waals surface area contributed by atoms with Crippen LogP contribution in [0, 0.1) is 11.7 Å². The van der Waals surface area contributed by atoms with Gasteiger partial charge in [-0.1, -0.05) is 19.9 Å². The number of benzene rings is 1. The molecule has 0 aliphatic heterocycles. The van der Waals surface area contributed by atoms with Crippen molar-refractivity contribution in [3.05, 3.63) is 42.5 Å². The number of hydrogen-bond donors (Lipinski definition) is 1. The smallest absolute Gasteiger partial charge is 0.149 e. The lowest BCUT2D eigenvalue weighted by Gasteiger charge is -2.21. The first-order chi connectivity index (χ1) is 11.1. The Balaban J connectivity index is 2.02. The Kier molecular flexibility index (Phi) is 4.18. The van der Waals surface area contributed by atoms with Crippen molar-refractivity contribution in [1.82, 2.24) is 24.7 Å². The first-order valence-electron chi connectivity index (χ1n) is 7.56. The predicted molar refractivity (Wildman–Crippen MR) is 86.3 cm³/mol. The molecule has 6 nitrogen and oxygen atoms in total. The summed E-state index contributed by atoms with van der Waals surface area (Å²) in [6, 6.07) is 4.71. The number of aryl methyl sites for hydroxylation is 1. The summed E-state index contributed by atoms with van der Waals surface area (Å²) in [4.78, 5) is 12.7. The van der Waals surface area contributed by atoms with E-state index < -0.39 is 0 Å². The summed E-state index contributed by atoms with van der Waals surface area (Å²) in [6.45, 7) is 4.26. The Labute approximate surface area is 133 Å². The fourth-order valence-electron chi connectivity index (χ4n) is 2.66. The molecular formula is C16H19FN6. The van der Waals surface area contributed by atoms with Crippen LogP contribution in [0.1, 0.15) is 32.1 Å². The topological polar surface area (TPSA) is 68.5 Å². The second kappa shape index (κ2) is 6.28. The van der Waals surface area contributed by atoms with Gasteiger partial charge < -0.3 is 5.32 Å². The van der Waals surface area contributed by atoms with E-state index in [1.54, 1.807) is 16.8 Å². The molecule has 7 heteroatoms. The van der Waals surface area contributed by atoms with Crippen LogP contribution in [0.2, 0.25) is 0 Å². The maximum atomic E-state index is 14.2. The number of nitrogens with zero attached hydrogens (tertiary/aromatic N) is 5. The summed E-state index contributed by atoms with van der Waals surface area (Å²) in [5.41, 5.74) is 0.573. The van der Waals surface area contributed by atoms with E-state index in [1.165, 1.54) is 18.7 Å². The van der Waals surface area contributed by atoms with Crippen molar-refractivity contribution in [2.75, 3.05) is 5.32 Å². The molecule has 0 saturated carbocycles. The van der Waals surface area contributed by atoms with E-state index in [0.29, 0.717) is 22.6 Å². The quantitative estimate of drug-likeness (QED) is 0.783. The average molecular weight is 314 g/mol. The van der Waals surface area contributed by atoms with Crippen LogP contribution in [-0.4, -0.2) is 24.7 Å². The number of fused-ring (bicyclic) bond motifs is 1. The minimum Gasteiger partial charge on any atom is -0.359 e. The second-order valence-electron chi connectivity index (χ2n) is 5.92. The summed E-state index contributed by atoms with van der Waals surface area (Å²) in [7, 11) is 1.84. The summed E-state index contributed by atoms with van der Waals surface area (Å²) in [5, 5.41) is 7.84. The van der Waals surface area contributed by atoms with Crippen LogP contribution in [0.4, 0.5) is 10.2 Å². The SMILES string of the molecule is CC(C)C[C@H](Nc1ncnc2cccc(F)c12)c1ncnn1C. The Morgan fingerprint density at radius 2 is 2.00 bits per heavy atom. The van der Waals surface area contributed by atoms with Crippen LogP contribution in [0.3, 0.4) is 0 Å². The van der Waals surface area contributed by atoms with Crippen molar-refractivity contribution < 1.29 is 4.39 Å². The number of hydrogen-bond acceptors (Lipinski definition) is 5. The van der Waals surface area contributed by atoms with E-state index in [0.717, 1.165) is 12.2 Å². The number of anilines is 1. The predicted octanol–water partition coefficient (Wildman–Crippen LogP) is 3.10. The molecule has 3 aromatic rings. The molecule has 0 spiro atoms. The third-order valence-electron chi connectivity index (χ3n) is 3.69. The molecule has 0 bridgehead atoms. The van der Waals surface area contributed by atoms with Gasteiger partial charge in [-0.15, -0.1) is 0 Å². The molecule has 2 aromatic heterocycles. The van der Waals surface area contributed by atoms with Crippen LogP contribution >= 0.6 is 0 Å². The molecule has 2 heterocycles. The van der Waals surface area contributed by atoms with Crippen LogP contribution in [0.15, 0.2) is 30.9 Å². The first kappa shape index (κ1) is 15.3. The van der Waals surface area contributed by atoms with E-state index in [2.05, 4.69) is 39.2 Å². The van der Waals surface area contributed by atoms with E-state index in [4.69, 9.17) is 0 Å². The summed E-state index contributed by atoms with van der Waals surface area (Å²) >= 11 is 0. The normalized spacial score (nSPS) is 12.7. The Morgan fingerprint density at radius 3 is 2.70 bits per heavy atom. The van der Waals surface area contributed by atoms with Gasteiger partial charge >= 0.3 is 0 Å². The van der Waals surface area contributed by atoms with Gasteiger partial charge in [0.05, 0.1) is 16.9 Å². The minimum absolute atomic E-state index is 0.111. The molecule has 120 valence electrons. The highest BCUT2D eigenvalue weighted by atomic mass is 19.1. The molecule has 0 amide bonds. The monoisotopic (exact) mass is 314 g/mol. The molecule has 1 atom stereocenters. The Bertz CT molecular complexity index is 808. The maximum Gasteiger partial charge on any atom is 0.149 e. The van der Waals surface area contributed by atoms with Crippen molar-refractivity contribution in [3.63, 3.8) is 0 Å². The highest BCUT2D eigenvalue weighted by Gasteiger charge is 2.20. The number of aromatic nitrogens is 5. The van der Waals surface area contributed by atoms with Gasteiger partial charge in [0.25, 0.3) is 0 Å². The summed E-state index contributed by atoms with van der Waals surface area (Å²) < 4.78 is 16.0. The van der Waals surface area contributed by atoms with Crippen molar-refractivity contribution in [2.24, 2.45) is 13.0 Å². The van der Waals surface area contributed by atoms with Gasteiger partial charge in [0.2, 0.25) is 0 Å². The standard InChI is InChI=1S/C16H19FN6/c1-10(2)7-13(16-20-9-21-23(16)3)22-15-14-11(17)5-4-6-12(14)18-8-19-15/h4-6,8-10,13H,7H2,1-3H3,(H,18,19,22)/t13-/m0/s1. The van der Waals surface area contributed by atoms with Crippen molar-refractivity contribution in [1.29, 1.82) is 0 Å². The molecule has 0 saturated heterocycles. The zero-order valence-electron chi connectivity index (χ0n) is 13.4. The van der Waals surface area contributed by atoms with Gasteiger partial charge in [-0.25, -0.2) is 19.3 Å². The fourth-order valence-corrected chi connectivity index (χ4v) is 2.66. The highest BCUT2D eigenvalue weighted by molar-refractivity contribution is 5.89. The van der Waals surface area contributed by atoms with Crippen molar-refractivity contribution >= 4 is 16.7 Å². The lowest BCUT2D eigenvalue weighted by Crippen LogP contribution is -2.19. The van der Waals surface area contributed by atoms with Gasteiger partial charge in [0.1, 0.15) is 30.1 Å². The van der Waals surface area contributed by atoms with Crippen LogP contribution in [0.5, 0.6) is 0 Å². The molecule has 1 N–H and O–H groups in total. The van der Waals surface area contributed by atoms with Crippen molar-refractivity contribution in [3.8, 4) is 0 Å².